The molecule has 4 aromatic carbocycles. The Hall–Kier alpha value is -4.65. The minimum atomic E-state index is -0.479. The lowest BCUT2D eigenvalue weighted by Crippen LogP contribution is -2.30. The molecule has 4 aromatic rings. The van der Waals surface area contributed by atoms with E-state index in [-0.39, 0.29) is 23.8 Å². The van der Waals surface area contributed by atoms with Gasteiger partial charge < -0.3 is 20.1 Å². The van der Waals surface area contributed by atoms with E-state index in [2.05, 4.69) is 0 Å². The molecule has 1 aliphatic heterocycles. The van der Waals surface area contributed by atoms with Crippen LogP contribution in [0.15, 0.2) is 91.0 Å². The molecule has 0 spiro atoms. The van der Waals surface area contributed by atoms with Crippen LogP contribution in [0.5, 0.6) is 5.75 Å². The third-order valence-electron chi connectivity index (χ3n) is 7.26. The third-order valence-corrected chi connectivity index (χ3v) is 7.26. The van der Waals surface area contributed by atoms with Gasteiger partial charge in [0.05, 0.1) is 19.1 Å². The molecule has 40 heavy (non-hydrogen) atoms. The second-order valence-corrected chi connectivity index (χ2v) is 10.0. The third kappa shape index (κ3) is 6.15. The van der Waals surface area contributed by atoms with Gasteiger partial charge in [-0.3, -0.25) is 15.0 Å². The number of nitrogens with two attached hydrogens (primary N) is 1. The van der Waals surface area contributed by atoms with E-state index in [0.717, 1.165) is 28.3 Å². The molecule has 0 radical (unpaired) electrons. The molecule has 1 saturated heterocycles. The van der Waals surface area contributed by atoms with Crippen molar-refractivity contribution in [3.05, 3.63) is 113 Å². The monoisotopic (exact) mass is 535 g/mol. The Bertz CT molecular complexity index is 1520. The summed E-state index contributed by atoms with van der Waals surface area (Å²) >= 11 is 0. The van der Waals surface area contributed by atoms with Gasteiger partial charge in [-0.25, -0.2) is 0 Å². The highest BCUT2D eigenvalue weighted by Crippen LogP contribution is 2.28. The molecule has 0 saturated carbocycles. The van der Waals surface area contributed by atoms with E-state index in [4.69, 9.17) is 20.6 Å². The van der Waals surface area contributed by atoms with Crippen LogP contribution in [0.1, 0.15) is 46.3 Å². The summed E-state index contributed by atoms with van der Waals surface area (Å²) in [5, 5.41) is 9.74. The standard InChI is InChI=1S/C33H33N3O4/c1-2-39-33(38)30(19-22-8-9-23-10-11-26(31(34)35)20-27(23)18-22)24-12-14-28(15-13-24)40-29-16-17-36(21-29)32(37)25-6-4-3-5-7-25/h3-15,18,20,29-30H,2,16-17,19,21H2,1H3,(H3,34,35)/t29-,30-/m0/s1. The smallest absolute Gasteiger partial charge is 0.313 e. The molecule has 7 nitrogen and oxygen atoms in total. The van der Waals surface area contributed by atoms with Crippen molar-refractivity contribution in [1.82, 2.24) is 4.90 Å². The molecule has 0 aliphatic carbocycles. The van der Waals surface area contributed by atoms with Crippen LogP contribution in [0.3, 0.4) is 0 Å². The highest BCUT2D eigenvalue weighted by molar-refractivity contribution is 5.99. The van der Waals surface area contributed by atoms with Crippen LogP contribution in [-0.2, 0) is 16.0 Å². The predicted octanol–water partition coefficient (Wildman–Crippen LogP) is 5.31. The van der Waals surface area contributed by atoms with Gasteiger partial charge >= 0.3 is 5.97 Å². The number of likely N-dealkylation sites (tertiary alicyclic amines) is 1. The fourth-order valence-electron chi connectivity index (χ4n) is 5.15. The molecule has 1 fully saturated rings. The number of nitrogens with zero attached hydrogens (tertiary/aromatic N) is 1. The zero-order valence-electron chi connectivity index (χ0n) is 22.5. The van der Waals surface area contributed by atoms with Gasteiger partial charge in [-0.15, -0.1) is 0 Å². The minimum Gasteiger partial charge on any atom is -0.489 e. The van der Waals surface area contributed by atoms with Crippen molar-refractivity contribution in [2.75, 3.05) is 19.7 Å². The number of ether oxygens (including phenoxy) is 2. The quantitative estimate of drug-likeness (QED) is 0.172. The summed E-state index contributed by atoms with van der Waals surface area (Å²) in [6.45, 7) is 3.30. The first kappa shape index (κ1) is 26.9. The lowest BCUT2D eigenvalue weighted by Gasteiger charge is -2.19. The van der Waals surface area contributed by atoms with Crippen molar-refractivity contribution in [1.29, 1.82) is 5.41 Å². The number of esters is 1. The summed E-state index contributed by atoms with van der Waals surface area (Å²) in [4.78, 5) is 27.6. The van der Waals surface area contributed by atoms with Crippen molar-refractivity contribution < 1.29 is 19.1 Å². The topological polar surface area (TPSA) is 106 Å². The first-order valence-corrected chi connectivity index (χ1v) is 13.6. The predicted molar refractivity (Wildman–Crippen MR) is 156 cm³/mol. The maximum atomic E-state index is 13.0. The van der Waals surface area contributed by atoms with Crippen molar-refractivity contribution >= 4 is 28.5 Å². The number of carbonyl (C=O) groups excluding carboxylic acids is 2. The molecular formula is C33H33N3O4. The molecule has 0 unspecified atom stereocenters. The molecule has 5 rings (SSSR count). The van der Waals surface area contributed by atoms with Crippen LogP contribution in [0.4, 0.5) is 0 Å². The summed E-state index contributed by atoms with van der Waals surface area (Å²) in [6, 6.07) is 28.6. The van der Waals surface area contributed by atoms with Crippen LogP contribution in [-0.4, -0.2) is 48.4 Å². The van der Waals surface area contributed by atoms with Gasteiger partial charge in [-0.2, -0.15) is 0 Å². The largest absolute Gasteiger partial charge is 0.489 e. The average Bonchev–Trinajstić information content (AvgIpc) is 3.44. The lowest BCUT2D eigenvalue weighted by atomic mass is 9.91. The summed E-state index contributed by atoms with van der Waals surface area (Å²) in [5.74, 6) is -0.0157. The second-order valence-electron chi connectivity index (χ2n) is 10.0. The Morgan fingerprint density at radius 1 is 0.950 bits per heavy atom. The van der Waals surface area contributed by atoms with Gasteiger partial charge in [0.15, 0.2) is 0 Å². The molecule has 3 N–H and O–H groups in total. The number of fused-ring (bicyclic) bond motifs is 1. The van der Waals surface area contributed by atoms with E-state index < -0.39 is 5.92 Å². The molecule has 2 atom stereocenters. The van der Waals surface area contributed by atoms with Gasteiger partial charge in [-0.05, 0) is 65.6 Å². The van der Waals surface area contributed by atoms with Gasteiger partial charge in [0.2, 0.25) is 0 Å². The van der Waals surface area contributed by atoms with Crippen LogP contribution < -0.4 is 10.5 Å². The Morgan fingerprint density at radius 3 is 2.42 bits per heavy atom. The van der Waals surface area contributed by atoms with Crippen molar-refractivity contribution in [3.8, 4) is 5.75 Å². The maximum Gasteiger partial charge on any atom is 0.313 e. The molecule has 1 aliphatic rings. The Balaban J connectivity index is 1.28. The number of hydrogen-bond donors (Lipinski definition) is 2. The average molecular weight is 536 g/mol. The number of carbonyl (C=O) groups is 2. The van der Waals surface area contributed by atoms with Gasteiger partial charge in [0, 0.05) is 24.1 Å². The molecular weight excluding hydrogens is 502 g/mol. The lowest BCUT2D eigenvalue weighted by molar-refractivity contribution is -0.144. The molecule has 7 heteroatoms. The number of amides is 1. The van der Waals surface area contributed by atoms with E-state index in [1.165, 1.54) is 0 Å². The van der Waals surface area contributed by atoms with E-state index in [0.29, 0.717) is 43.0 Å². The van der Waals surface area contributed by atoms with E-state index >= 15 is 0 Å². The zero-order chi connectivity index (χ0) is 28.1. The highest BCUT2D eigenvalue weighted by Gasteiger charge is 2.28. The number of rotatable bonds is 9. The zero-order valence-corrected chi connectivity index (χ0v) is 22.5. The van der Waals surface area contributed by atoms with Crippen LogP contribution in [0.2, 0.25) is 0 Å². The fourth-order valence-corrected chi connectivity index (χ4v) is 5.15. The van der Waals surface area contributed by atoms with Crippen LogP contribution >= 0.6 is 0 Å². The number of benzene rings is 4. The van der Waals surface area contributed by atoms with E-state index in [1.54, 1.807) is 6.92 Å². The SMILES string of the molecule is CCOC(=O)[C@@H](Cc1ccc2ccc(C(=N)N)cc2c1)c1ccc(O[C@H]2CCN(C(=O)c3ccccc3)C2)cc1. The molecule has 204 valence electrons. The molecule has 1 heterocycles. The van der Waals surface area contributed by atoms with Crippen LogP contribution in [0.25, 0.3) is 10.8 Å². The van der Waals surface area contributed by atoms with Crippen LogP contribution in [0, 0.1) is 5.41 Å². The van der Waals surface area contributed by atoms with Gasteiger partial charge in [0.1, 0.15) is 17.7 Å². The fraction of sp³-hybridized carbons (Fsp3) is 0.242. The molecule has 0 bridgehead atoms. The summed E-state index contributed by atoms with van der Waals surface area (Å²) < 4.78 is 11.6. The normalized spacial score (nSPS) is 15.5. The van der Waals surface area contributed by atoms with Gasteiger partial charge in [0.25, 0.3) is 5.91 Å². The second kappa shape index (κ2) is 12.0. The summed E-state index contributed by atoms with van der Waals surface area (Å²) in [5.41, 5.74) is 8.85. The first-order chi connectivity index (χ1) is 19.4. The minimum absolute atomic E-state index is 0.0190. The number of hydrogen-bond acceptors (Lipinski definition) is 5. The van der Waals surface area contributed by atoms with E-state index in [1.807, 2.05) is 95.9 Å². The summed E-state index contributed by atoms with van der Waals surface area (Å²) in [7, 11) is 0. The Morgan fingerprint density at radius 2 is 1.70 bits per heavy atom. The van der Waals surface area contributed by atoms with Crippen molar-refractivity contribution in [2.45, 2.75) is 31.8 Å². The van der Waals surface area contributed by atoms with Gasteiger partial charge in [-0.1, -0.05) is 60.7 Å². The molecule has 1 amide bonds. The number of nitrogens with one attached hydrogen (secondary N) is 1. The Labute approximate surface area is 234 Å². The first-order valence-electron chi connectivity index (χ1n) is 13.6. The number of amidine groups is 1. The summed E-state index contributed by atoms with van der Waals surface area (Å²) in [6.07, 6.45) is 1.15. The molecule has 0 aromatic heterocycles. The van der Waals surface area contributed by atoms with E-state index in [9.17, 15) is 9.59 Å². The Kier molecular flexibility index (Phi) is 8.10. The maximum absolute atomic E-state index is 13.0. The number of nitrogen functional groups attached to an aromatic ring is 1. The van der Waals surface area contributed by atoms with Crippen molar-refractivity contribution in [3.63, 3.8) is 0 Å². The highest BCUT2D eigenvalue weighted by atomic mass is 16.5. The van der Waals surface area contributed by atoms with Crippen molar-refractivity contribution in [2.24, 2.45) is 5.73 Å².